The number of rotatable bonds is 8. The average molecular weight is 293 g/mol. The van der Waals surface area contributed by atoms with Crippen LogP contribution in [0.4, 0.5) is 0 Å². The molecule has 0 atom stereocenters. The number of amides is 1. The normalized spacial score (nSPS) is 11.2. The van der Waals surface area contributed by atoms with Crippen LogP contribution in [0, 0.1) is 0 Å². The van der Waals surface area contributed by atoms with Crippen molar-refractivity contribution in [2.75, 3.05) is 6.61 Å². The Labute approximate surface area is 127 Å². The molecule has 0 unspecified atom stereocenters. The fourth-order valence-electron chi connectivity index (χ4n) is 2.04. The monoisotopic (exact) mass is 293 g/mol. The van der Waals surface area contributed by atoms with E-state index in [0.717, 1.165) is 31.4 Å². The van der Waals surface area contributed by atoms with Crippen LogP contribution in [-0.4, -0.2) is 17.7 Å². The van der Waals surface area contributed by atoms with Gasteiger partial charge in [0, 0.05) is 6.42 Å². The number of benzene rings is 1. The number of hydroxylamine groups is 1. The number of carbonyl (C=O) groups is 1. The van der Waals surface area contributed by atoms with Gasteiger partial charge < -0.3 is 4.74 Å². The van der Waals surface area contributed by atoms with E-state index in [9.17, 15) is 4.79 Å². The minimum Gasteiger partial charge on any atom is -0.494 e. The summed E-state index contributed by atoms with van der Waals surface area (Å²) in [6.07, 6.45) is 4.15. The number of hydrogen-bond donors (Lipinski definition) is 2. The second kappa shape index (κ2) is 8.67. The molecule has 0 aromatic heterocycles. The summed E-state index contributed by atoms with van der Waals surface area (Å²) in [7, 11) is 0. The smallest absolute Gasteiger partial charge is 0.243 e. The van der Waals surface area contributed by atoms with Crippen LogP contribution in [0.3, 0.4) is 0 Å². The molecule has 4 nitrogen and oxygen atoms in total. The van der Waals surface area contributed by atoms with Crippen molar-refractivity contribution < 1.29 is 14.7 Å². The fourth-order valence-corrected chi connectivity index (χ4v) is 2.04. The highest BCUT2D eigenvalue weighted by atomic mass is 16.5. The topological polar surface area (TPSA) is 58.6 Å². The maximum atomic E-state index is 10.8. The Morgan fingerprint density at radius 3 is 2.29 bits per heavy atom. The van der Waals surface area contributed by atoms with Gasteiger partial charge in [0.15, 0.2) is 0 Å². The highest BCUT2D eigenvalue weighted by Gasteiger charge is 2.12. The van der Waals surface area contributed by atoms with E-state index in [-0.39, 0.29) is 11.3 Å². The molecule has 0 radical (unpaired) electrons. The minimum atomic E-state index is -0.315. The van der Waals surface area contributed by atoms with E-state index >= 15 is 0 Å². The molecule has 4 heteroatoms. The summed E-state index contributed by atoms with van der Waals surface area (Å²) < 4.78 is 5.70. The molecular formula is C17H27NO3. The first-order valence-corrected chi connectivity index (χ1v) is 7.60. The SMILES string of the molecule is CC(C)(C)c1ccc(OCCCCCCC(=O)NO)cc1. The predicted octanol–water partition coefficient (Wildman–Crippen LogP) is 3.82. The fraction of sp³-hybridized carbons (Fsp3) is 0.588. The summed E-state index contributed by atoms with van der Waals surface area (Å²) in [6.45, 7) is 7.28. The van der Waals surface area contributed by atoms with Crippen LogP contribution < -0.4 is 10.2 Å². The van der Waals surface area contributed by atoms with Crippen molar-refractivity contribution in [2.24, 2.45) is 0 Å². The number of carbonyl (C=O) groups excluding carboxylic acids is 1. The molecule has 118 valence electrons. The first-order valence-electron chi connectivity index (χ1n) is 7.60. The van der Waals surface area contributed by atoms with E-state index in [4.69, 9.17) is 9.94 Å². The molecule has 0 fully saturated rings. The van der Waals surface area contributed by atoms with E-state index in [1.54, 1.807) is 5.48 Å². The summed E-state index contributed by atoms with van der Waals surface area (Å²) in [4.78, 5) is 10.8. The van der Waals surface area contributed by atoms with Crippen LogP contribution in [0.25, 0.3) is 0 Å². The van der Waals surface area contributed by atoms with Crippen molar-refractivity contribution in [3.63, 3.8) is 0 Å². The first kappa shape index (κ1) is 17.5. The molecule has 1 rings (SSSR count). The molecule has 1 amide bonds. The highest BCUT2D eigenvalue weighted by Crippen LogP contribution is 2.24. The van der Waals surface area contributed by atoms with Gasteiger partial charge in [-0.05, 0) is 36.0 Å². The molecule has 0 aliphatic carbocycles. The third kappa shape index (κ3) is 7.14. The molecule has 0 heterocycles. The Bertz CT molecular complexity index is 421. The number of ether oxygens (including phenoxy) is 1. The van der Waals surface area contributed by atoms with Gasteiger partial charge in [0.1, 0.15) is 5.75 Å². The van der Waals surface area contributed by atoms with E-state index in [1.165, 1.54) is 5.56 Å². The number of nitrogens with one attached hydrogen (secondary N) is 1. The van der Waals surface area contributed by atoms with Crippen molar-refractivity contribution in [1.29, 1.82) is 0 Å². The van der Waals surface area contributed by atoms with Crippen LogP contribution >= 0.6 is 0 Å². The zero-order valence-corrected chi connectivity index (χ0v) is 13.3. The van der Waals surface area contributed by atoms with Crippen LogP contribution in [0.1, 0.15) is 58.4 Å². The van der Waals surface area contributed by atoms with Crippen molar-refractivity contribution in [3.8, 4) is 5.75 Å². The van der Waals surface area contributed by atoms with Crippen molar-refractivity contribution in [2.45, 2.75) is 58.3 Å². The first-order chi connectivity index (χ1) is 9.93. The van der Waals surface area contributed by atoms with E-state index < -0.39 is 0 Å². The summed E-state index contributed by atoms with van der Waals surface area (Å²) in [5, 5.41) is 8.35. The third-order valence-corrected chi connectivity index (χ3v) is 3.41. The van der Waals surface area contributed by atoms with Gasteiger partial charge in [0.25, 0.3) is 0 Å². The summed E-state index contributed by atoms with van der Waals surface area (Å²) >= 11 is 0. The summed E-state index contributed by atoms with van der Waals surface area (Å²) in [5.74, 6) is 0.591. The number of hydrogen-bond acceptors (Lipinski definition) is 3. The van der Waals surface area contributed by atoms with Crippen molar-refractivity contribution >= 4 is 5.91 Å². The van der Waals surface area contributed by atoms with E-state index in [2.05, 4.69) is 32.9 Å². The summed E-state index contributed by atoms with van der Waals surface area (Å²) in [6, 6.07) is 8.27. The third-order valence-electron chi connectivity index (χ3n) is 3.41. The Morgan fingerprint density at radius 2 is 1.71 bits per heavy atom. The Morgan fingerprint density at radius 1 is 1.10 bits per heavy atom. The quantitative estimate of drug-likeness (QED) is 0.435. The Balaban J connectivity index is 2.14. The highest BCUT2D eigenvalue weighted by molar-refractivity contribution is 5.74. The van der Waals surface area contributed by atoms with Crippen molar-refractivity contribution in [1.82, 2.24) is 5.48 Å². The van der Waals surface area contributed by atoms with Gasteiger partial charge in [0.2, 0.25) is 5.91 Å². The maximum absolute atomic E-state index is 10.8. The molecule has 1 aromatic carbocycles. The van der Waals surface area contributed by atoms with E-state index in [0.29, 0.717) is 13.0 Å². The zero-order chi connectivity index (χ0) is 15.7. The Kier molecular flexibility index (Phi) is 7.23. The van der Waals surface area contributed by atoms with Crippen molar-refractivity contribution in [3.05, 3.63) is 29.8 Å². The lowest BCUT2D eigenvalue weighted by molar-refractivity contribution is -0.129. The van der Waals surface area contributed by atoms with Gasteiger partial charge in [-0.2, -0.15) is 0 Å². The van der Waals surface area contributed by atoms with Gasteiger partial charge in [-0.3, -0.25) is 10.0 Å². The zero-order valence-electron chi connectivity index (χ0n) is 13.3. The second-order valence-corrected chi connectivity index (χ2v) is 6.32. The lowest BCUT2D eigenvalue weighted by Gasteiger charge is -2.19. The lowest BCUT2D eigenvalue weighted by atomic mass is 9.87. The van der Waals surface area contributed by atoms with Crippen LogP contribution in [0.15, 0.2) is 24.3 Å². The maximum Gasteiger partial charge on any atom is 0.243 e. The molecule has 21 heavy (non-hydrogen) atoms. The summed E-state index contributed by atoms with van der Waals surface area (Å²) in [5.41, 5.74) is 3.11. The molecular weight excluding hydrogens is 266 g/mol. The van der Waals surface area contributed by atoms with Gasteiger partial charge in [-0.1, -0.05) is 45.7 Å². The standard InChI is InChI=1S/C17H27NO3/c1-17(2,3)14-9-11-15(12-10-14)21-13-7-5-4-6-8-16(19)18-20/h9-12,20H,4-8,13H2,1-3H3,(H,18,19). The lowest BCUT2D eigenvalue weighted by Crippen LogP contribution is -2.17. The molecule has 0 bridgehead atoms. The molecule has 2 N–H and O–H groups in total. The van der Waals surface area contributed by atoms with Gasteiger partial charge in [0.05, 0.1) is 6.61 Å². The molecule has 1 aromatic rings. The predicted molar refractivity (Wildman–Crippen MR) is 83.7 cm³/mol. The van der Waals surface area contributed by atoms with E-state index in [1.807, 2.05) is 12.1 Å². The van der Waals surface area contributed by atoms with Crippen LogP contribution in [0.2, 0.25) is 0 Å². The minimum absolute atomic E-state index is 0.166. The molecule has 0 aliphatic heterocycles. The van der Waals surface area contributed by atoms with Crippen LogP contribution in [-0.2, 0) is 10.2 Å². The van der Waals surface area contributed by atoms with Gasteiger partial charge in [-0.25, -0.2) is 5.48 Å². The van der Waals surface area contributed by atoms with Gasteiger partial charge >= 0.3 is 0 Å². The largest absolute Gasteiger partial charge is 0.494 e. The van der Waals surface area contributed by atoms with Gasteiger partial charge in [-0.15, -0.1) is 0 Å². The molecule has 0 spiro atoms. The average Bonchev–Trinajstić information content (AvgIpc) is 2.45. The molecule has 0 saturated carbocycles. The second-order valence-electron chi connectivity index (χ2n) is 6.32. The van der Waals surface area contributed by atoms with Crippen LogP contribution in [0.5, 0.6) is 5.75 Å². The molecule has 0 saturated heterocycles. The number of unbranched alkanes of at least 4 members (excludes halogenated alkanes) is 3. The molecule has 0 aliphatic rings. The Hall–Kier alpha value is -1.55.